The Morgan fingerprint density at radius 1 is 1.20 bits per heavy atom. The van der Waals surface area contributed by atoms with Gasteiger partial charge >= 0.3 is 0 Å². The lowest BCUT2D eigenvalue weighted by atomic mass is 10.0. The van der Waals surface area contributed by atoms with Gasteiger partial charge in [0.05, 0.1) is 19.3 Å². The summed E-state index contributed by atoms with van der Waals surface area (Å²) < 4.78 is 10.8. The minimum Gasteiger partial charge on any atom is -0.484 e. The largest absolute Gasteiger partial charge is 0.484 e. The van der Waals surface area contributed by atoms with Gasteiger partial charge < -0.3 is 25.0 Å². The Hall–Kier alpha value is -2.12. The summed E-state index contributed by atoms with van der Waals surface area (Å²) in [4.78, 5) is 26.0. The molecule has 0 saturated carbocycles. The molecule has 136 valence electrons. The number of carbonyl (C=O) groups excluding carboxylic acids is 2. The molecule has 2 N–H and O–H groups in total. The smallest absolute Gasteiger partial charge is 0.260 e. The number of benzene rings is 1. The van der Waals surface area contributed by atoms with E-state index in [1.165, 1.54) is 0 Å². The summed E-state index contributed by atoms with van der Waals surface area (Å²) in [7, 11) is 0. The van der Waals surface area contributed by atoms with E-state index in [-0.39, 0.29) is 24.5 Å². The standard InChI is InChI=1S/C18H25N3O4/c22-17(21-9-11-24-12-10-21)13-25-15-6-4-14(5-7-15)20-18(23)16-3-1-2-8-19-16/h4-7,16,19H,1-3,8-13H2,(H,20,23)/t16-/m1/s1. The lowest BCUT2D eigenvalue weighted by molar-refractivity contribution is -0.137. The third-order valence-electron chi connectivity index (χ3n) is 4.47. The Kier molecular flexibility index (Phi) is 6.25. The van der Waals surface area contributed by atoms with Gasteiger partial charge in [-0.3, -0.25) is 9.59 Å². The van der Waals surface area contributed by atoms with Crippen molar-refractivity contribution in [2.45, 2.75) is 25.3 Å². The maximum Gasteiger partial charge on any atom is 0.260 e. The van der Waals surface area contributed by atoms with Crippen molar-refractivity contribution in [3.63, 3.8) is 0 Å². The third-order valence-corrected chi connectivity index (χ3v) is 4.47. The van der Waals surface area contributed by atoms with Gasteiger partial charge in [-0.05, 0) is 43.7 Å². The second-order valence-electron chi connectivity index (χ2n) is 6.30. The number of ether oxygens (including phenoxy) is 2. The molecule has 7 heteroatoms. The number of nitrogens with one attached hydrogen (secondary N) is 2. The van der Waals surface area contributed by atoms with Crippen molar-refractivity contribution in [2.24, 2.45) is 0 Å². The van der Waals surface area contributed by atoms with Crippen LogP contribution in [0.15, 0.2) is 24.3 Å². The molecule has 2 aliphatic rings. The first-order valence-corrected chi connectivity index (χ1v) is 8.85. The molecule has 0 aromatic heterocycles. The fraction of sp³-hybridized carbons (Fsp3) is 0.556. The Morgan fingerprint density at radius 2 is 1.96 bits per heavy atom. The molecule has 3 rings (SSSR count). The highest BCUT2D eigenvalue weighted by atomic mass is 16.5. The van der Waals surface area contributed by atoms with Crippen molar-refractivity contribution in [1.29, 1.82) is 0 Å². The van der Waals surface area contributed by atoms with Gasteiger partial charge in [-0.1, -0.05) is 6.42 Å². The number of morpholine rings is 1. The minimum atomic E-state index is -0.115. The molecule has 2 aliphatic heterocycles. The molecule has 2 heterocycles. The average molecular weight is 347 g/mol. The molecular weight excluding hydrogens is 322 g/mol. The van der Waals surface area contributed by atoms with E-state index in [0.29, 0.717) is 32.1 Å². The van der Waals surface area contributed by atoms with Gasteiger partial charge in [0.25, 0.3) is 5.91 Å². The Balaban J connectivity index is 1.45. The Bertz CT molecular complexity index is 578. The van der Waals surface area contributed by atoms with Gasteiger partial charge in [-0.2, -0.15) is 0 Å². The zero-order valence-corrected chi connectivity index (χ0v) is 14.3. The molecule has 2 amide bonds. The van der Waals surface area contributed by atoms with Crippen LogP contribution in [0.1, 0.15) is 19.3 Å². The Labute approximate surface area is 147 Å². The van der Waals surface area contributed by atoms with Gasteiger partial charge in [-0.15, -0.1) is 0 Å². The molecule has 0 unspecified atom stereocenters. The fourth-order valence-electron chi connectivity index (χ4n) is 2.99. The lowest BCUT2D eigenvalue weighted by Crippen LogP contribution is -2.43. The average Bonchev–Trinajstić information content (AvgIpc) is 2.68. The highest BCUT2D eigenvalue weighted by Crippen LogP contribution is 2.17. The minimum absolute atomic E-state index is 0.00383. The number of carbonyl (C=O) groups is 2. The molecule has 0 aliphatic carbocycles. The number of anilines is 1. The van der Waals surface area contributed by atoms with E-state index in [9.17, 15) is 9.59 Å². The summed E-state index contributed by atoms with van der Waals surface area (Å²) in [5.74, 6) is 0.565. The molecule has 7 nitrogen and oxygen atoms in total. The van der Waals surface area contributed by atoms with Gasteiger partial charge in [0.15, 0.2) is 6.61 Å². The first-order valence-electron chi connectivity index (χ1n) is 8.85. The van der Waals surface area contributed by atoms with Crippen LogP contribution in [-0.4, -0.2) is 62.2 Å². The maximum absolute atomic E-state index is 12.2. The van der Waals surface area contributed by atoms with E-state index in [2.05, 4.69) is 10.6 Å². The lowest BCUT2D eigenvalue weighted by Gasteiger charge is -2.26. The van der Waals surface area contributed by atoms with Crippen LogP contribution in [0.3, 0.4) is 0 Å². The van der Waals surface area contributed by atoms with Crippen LogP contribution >= 0.6 is 0 Å². The molecule has 25 heavy (non-hydrogen) atoms. The summed E-state index contributed by atoms with van der Waals surface area (Å²) in [6, 6.07) is 6.98. The van der Waals surface area contributed by atoms with Crippen LogP contribution in [0, 0.1) is 0 Å². The van der Waals surface area contributed by atoms with Crippen molar-refractivity contribution in [3.8, 4) is 5.75 Å². The third kappa shape index (κ3) is 5.17. The van der Waals surface area contributed by atoms with E-state index in [1.807, 2.05) is 0 Å². The first-order chi connectivity index (χ1) is 12.2. The van der Waals surface area contributed by atoms with Crippen LogP contribution in [0.5, 0.6) is 5.75 Å². The number of nitrogens with zero attached hydrogens (tertiary/aromatic N) is 1. The maximum atomic E-state index is 12.2. The topological polar surface area (TPSA) is 79.9 Å². The van der Waals surface area contributed by atoms with Crippen LogP contribution < -0.4 is 15.4 Å². The predicted octanol–water partition coefficient (Wildman–Crippen LogP) is 1.00. The molecule has 1 atom stereocenters. The fourth-order valence-corrected chi connectivity index (χ4v) is 2.99. The van der Waals surface area contributed by atoms with E-state index < -0.39 is 0 Å². The van der Waals surface area contributed by atoms with Crippen LogP contribution in [0.2, 0.25) is 0 Å². The number of amides is 2. The summed E-state index contributed by atoms with van der Waals surface area (Å²) in [6.45, 7) is 3.29. The predicted molar refractivity (Wildman–Crippen MR) is 93.6 cm³/mol. The second-order valence-corrected chi connectivity index (χ2v) is 6.30. The molecule has 0 spiro atoms. The van der Waals surface area contributed by atoms with Gasteiger partial charge in [0.1, 0.15) is 5.75 Å². The molecule has 2 saturated heterocycles. The first kappa shape index (κ1) is 17.7. The van der Waals surface area contributed by atoms with E-state index in [0.717, 1.165) is 31.5 Å². The van der Waals surface area contributed by atoms with Crippen molar-refractivity contribution >= 4 is 17.5 Å². The highest BCUT2D eigenvalue weighted by Gasteiger charge is 2.20. The van der Waals surface area contributed by atoms with Crippen molar-refractivity contribution in [2.75, 3.05) is 44.8 Å². The van der Waals surface area contributed by atoms with Crippen molar-refractivity contribution in [1.82, 2.24) is 10.2 Å². The van der Waals surface area contributed by atoms with E-state index >= 15 is 0 Å². The molecular formula is C18H25N3O4. The van der Waals surface area contributed by atoms with E-state index in [1.54, 1.807) is 29.2 Å². The number of rotatable bonds is 5. The van der Waals surface area contributed by atoms with Crippen LogP contribution in [0.25, 0.3) is 0 Å². The quantitative estimate of drug-likeness (QED) is 0.831. The Morgan fingerprint density at radius 3 is 2.64 bits per heavy atom. The zero-order valence-electron chi connectivity index (χ0n) is 14.3. The second kappa shape index (κ2) is 8.82. The number of hydrogen-bond donors (Lipinski definition) is 2. The molecule has 0 bridgehead atoms. The summed E-state index contributed by atoms with van der Waals surface area (Å²) >= 11 is 0. The van der Waals surface area contributed by atoms with E-state index in [4.69, 9.17) is 9.47 Å². The molecule has 1 aromatic carbocycles. The van der Waals surface area contributed by atoms with Crippen molar-refractivity contribution in [3.05, 3.63) is 24.3 Å². The van der Waals surface area contributed by atoms with Crippen LogP contribution in [-0.2, 0) is 14.3 Å². The van der Waals surface area contributed by atoms with Crippen LogP contribution in [0.4, 0.5) is 5.69 Å². The van der Waals surface area contributed by atoms with Gasteiger partial charge in [0, 0.05) is 18.8 Å². The number of hydrogen-bond acceptors (Lipinski definition) is 5. The SMILES string of the molecule is O=C(Nc1ccc(OCC(=O)N2CCOCC2)cc1)[C@H]1CCCCN1. The summed E-state index contributed by atoms with van der Waals surface area (Å²) in [5.41, 5.74) is 0.726. The highest BCUT2D eigenvalue weighted by molar-refractivity contribution is 5.94. The summed E-state index contributed by atoms with van der Waals surface area (Å²) in [5, 5.41) is 6.14. The van der Waals surface area contributed by atoms with Crippen molar-refractivity contribution < 1.29 is 19.1 Å². The monoisotopic (exact) mass is 347 g/mol. The molecule has 1 aromatic rings. The number of piperidine rings is 1. The normalized spacial score (nSPS) is 20.8. The van der Waals surface area contributed by atoms with Gasteiger partial charge in [-0.25, -0.2) is 0 Å². The van der Waals surface area contributed by atoms with Gasteiger partial charge in [0.2, 0.25) is 5.91 Å². The molecule has 0 radical (unpaired) electrons. The zero-order chi connectivity index (χ0) is 17.5. The summed E-state index contributed by atoms with van der Waals surface area (Å²) in [6.07, 6.45) is 3.07. The molecule has 2 fully saturated rings.